The number of nitrogens with zero attached hydrogens (tertiary/aromatic N) is 1. The van der Waals surface area contributed by atoms with Gasteiger partial charge in [0.1, 0.15) is 11.1 Å². The van der Waals surface area contributed by atoms with E-state index in [1.165, 1.54) is 4.88 Å². The minimum absolute atomic E-state index is 0.169. The molecule has 1 aromatic carbocycles. The van der Waals surface area contributed by atoms with Gasteiger partial charge in [0, 0.05) is 4.88 Å². The van der Waals surface area contributed by atoms with Crippen molar-refractivity contribution in [3.8, 4) is 6.07 Å². The molecule has 2 aromatic rings. The van der Waals surface area contributed by atoms with Gasteiger partial charge >= 0.3 is 0 Å². The van der Waals surface area contributed by atoms with E-state index in [-0.39, 0.29) is 17.4 Å². The van der Waals surface area contributed by atoms with Gasteiger partial charge in [-0.05, 0) is 48.5 Å². The van der Waals surface area contributed by atoms with Crippen molar-refractivity contribution >= 4 is 39.6 Å². The fourth-order valence-corrected chi connectivity index (χ4v) is 4.69. The summed E-state index contributed by atoms with van der Waals surface area (Å²) in [6, 6.07) is 11.8. The second-order valence-electron chi connectivity index (χ2n) is 6.33. The molecule has 4 nitrogen and oxygen atoms in total. The van der Waals surface area contributed by atoms with Gasteiger partial charge in [0.25, 0.3) is 0 Å². The molecule has 2 N–H and O–H groups in total. The summed E-state index contributed by atoms with van der Waals surface area (Å²) in [5.41, 5.74) is 2.75. The SMILES string of the molecule is CC1CCc2c(sc(NC(=S)NC(=O)Cc3ccccc3)c2C#N)C1. The Bertz CT molecular complexity index is 836. The molecule has 1 heterocycles. The van der Waals surface area contributed by atoms with Crippen molar-refractivity contribution in [2.45, 2.75) is 32.6 Å². The van der Waals surface area contributed by atoms with Crippen LogP contribution in [0.4, 0.5) is 5.00 Å². The lowest BCUT2D eigenvalue weighted by molar-refractivity contribution is -0.119. The molecule has 3 rings (SSSR count). The number of nitrogens with one attached hydrogen (secondary N) is 2. The normalized spacial score (nSPS) is 15.8. The van der Waals surface area contributed by atoms with E-state index < -0.39 is 0 Å². The number of fused-ring (bicyclic) bond motifs is 1. The van der Waals surface area contributed by atoms with E-state index in [1.54, 1.807) is 11.3 Å². The highest BCUT2D eigenvalue weighted by Gasteiger charge is 2.24. The van der Waals surface area contributed by atoms with Gasteiger partial charge in [0.05, 0.1) is 12.0 Å². The number of rotatable bonds is 3. The van der Waals surface area contributed by atoms with Crippen LogP contribution >= 0.6 is 23.6 Å². The average Bonchev–Trinajstić information content (AvgIpc) is 2.91. The highest BCUT2D eigenvalue weighted by molar-refractivity contribution is 7.80. The molecule has 0 fully saturated rings. The van der Waals surface area contributed by atoms with Crippen molar-refractivity contribution in [2.75, 3.05) is 5.32 Å². The Hall–Kier alpha value is -2.23. The van der Waals surface area contributed by atoms with Crippen LogP contribution in [-0.2, 0) is 24.1 Å². The zero-order chi connectivity index (χ0) is 17.8. The number of hydrogen-bond donors (Lipinski definition) is 2. The van der Waals surface area contributed by atoms with Gasteiger partial charge in [0.2, 0.25) is 5.91 Å². The first kappa shape index (κ1) is 17.6. The standard InChI is InChI=1S/C19H19N3OS2/c1-12-7-8-14-15(11-20)18(25-16(14)9-12)22-19(24)21-17(23)10-13-5-3-2-4-6-13/h2-6,12H,7-10H2,1H3,(H2,21,22,23,24). The first-order valence-corrected chi connectivity index (χ1v) is 9.48. The Morgan fingerprint density at radius 3 is 2.88 bits per heavy atom. The van der Waals surface area contributed by atoms with Crippen LogP contribution in [0.15, 0.2) is 30.3 Å². The molecule has 0 radical (unpaired) electrons. The number of thiophene rings is 1. The molecule has 1 aliphatic carbocycles. The van der Waals surface area contributed by atoms with Crippen molar-refractivity contribution in [1.29, 1.82) is 5.26 Å². The zero-order valence-corrected chi connectivity index (χ0v) is 15.6. The third kappa shape index (κ3) is 4.25. The van der Waals surface area contributed by atoms with Gasteiger partial charge in [-0.25, -0.2) is 0 Å². The minimum Gasteiger partial charge on any atom is -0.323 e. The molecule has 25 heavy (non-hydrogen) atoms. The lowest BCUT2D eigenvalue weighted by atomic mass is 9.89. The van der Waals surface area contributed by atoms with Crippen LogP contribution in [-0.4, -0.2) is 11.0 Å². The van der Waals surface area contributed by atoms with Crippen LogP contribution in [0.25, 0.3) is 0 Å². The fraction of sp³-hybridized carbons (Fsp3) is 0.316. The predicted molar refractivity (Wildman–Crippen MR) is 105 cm³/mol. The maximum Gasteiger partial charge on any atom is 0.230 e. The van der Waals surface area contributed by atoms with E-state index in [4.69, 9.17) is 12.2 Å². The summed E-state index contributed by atoms with van der Waals surface area (Å²) in [6.07, 6.45) is 3.32. The number of thiocarbonyl (C=S) groups is 1. The molecular weight excluding hydrogens is 350 g/mol. The van der Waals surface area contributed by atoms with E-state index in [1.807, 2.05) is 30.3 Å². The quantitative estimate of drug-likeness (QED) is 0.808. The summed E-state index contributed by atoms with van der Waals surface area (Å²) in [4.78, 5) is 13.4. The van der Waals surface area contributed by atoms with Crippen molar-refractivity contribution < 1.29 is 4.79 Å². The van der Waals surface area contributed by atoms with Crippen molar-refractivity contribution in [3.05, 3.63) is 51.9 Å². The molecule has 0 saturated carbocycles. The molecule has 1 atom stereocenters. The highest BCUT2D eigenvalue weighted by Crippen LogP contribution is 2.39. The van der Waals surface area contributed by atoms with Crippen molar-refractivity contribution in [2.24, 2.45) is 5.92 Å². The first-order valence-electron chi connectivity index (χ1n) is 8.26. The van der Waals surface area contributed by atoms with E-state index >= 15 is 0 Å². The van der Waals surface area contributed by atoms with Gasteiger partial charge in [-0.1, -0.05) is 37.3 Å². The van der Waals surface area contributed by atoms with Crippen LogP contribution in [0.1, 0.15) is 34.9 Å². The molecule has 1 unspecified atom stereocenters. The average molecular weight is 370 g/mol. The summed E-state index contributed by atoms with van der Waals surface area (Å²) in [5, 5.41) is 16.2. The number of carbonyl (C=O) groups excluding carboxylic acids is 1. The van der Waals surface area contributed by atoms with E-state index in [9.17, 15) is 10.1 Å². The molecule has 1 amide bonds. The molecule has 0 spiro atoms. The molecule has 1 aromatic heterocycles. The van der Waals surface area contributed by atoms with Crippen LogP contribution < -0.4 is 10.6 Å². The van der Waals surface area contributed by atoms with Gasteiger partial charge in [0.15, 0.2) is 5.11 Å². The maximum atomic E-state index is 12.1. The maximum absolute atomic E-state index is 12.1. The Morgan fingerprint density at radius 2 is 2.16 bits per heavy atom. The summed E-state index contributed by atoms with van der Waals surface area (Å²) >= 11 is 6.83. The Balaban J connectivity index is 1.65. The summed E-state index contributed by atoms with van der Waals surface area (Å²) in [5.74, 6) is 0.472. The van der Waals surface area contributed by atoms with E-state index in [0.717, 1.165) is 35.4 Å². The van der Waals surface area contributed by atoms with Gasteiger partial charge in [-0.3, -0.25) is 4.79 Å². The number of nitriles is 1. The van der Waals surface area contributed by atoms with Gasteiger partial charge in [-0.2, -0.15) is 5.26 Å². The predicted octanol–water partition coefficient (Wildman–Crippen LogP) is 3.80. The third-order valence-electron chi connectivity index (χ3n) is 4.31. The molecule has 6 heteroatoms. The summed E-state index contributed by atoms with van der Waals surface area (Å²) < 4.78 is 0. The second kappa shape index (κ2) is 7.77. The Kier molecular flexibility index (Phi) is 5.47. The Morgan fingerprint density at radius 1 is 1.40 bits per heavy atom. The molecular formula is C19H19N3OS2. The molecule has 1 aliphatic rings. The topological polar surface area (TPSA) is 64.9 Å². The van der Waals surface area contributed by atoms with E-state index in [0.29, 0.717) is 11.5 Å². The van der Waals surface area contributed by atoms with E-state index in [2.05, 4.69) is 23.6 Å². The van der Waals surface area contributed by atoms with Crippen LogP contribution in [0, 0.1) is 17.2 Å². The smallest absolute Gasteiger partial charge is 0.230 e. The second-order valence-corrected chi connectivity index (χ2v) is 7.85. The third-order valence-corrected chi connectivity index (χ3v) is 5.68. The van der Waals surface area contributed by atoms with Crippen molar-refractivity contribution in [3.63, 3.8) is 0 Å². The lowest BCUT2D eigenvalue weighted by Crippen LogP contribution is -2.35. The van der Waals surface area contributed by atoms with Crippen molar-refractivity contribution in [1.82, 2.24) is 5.32 Å². The molecule has 128 valence electrons. The van der Waals surface area contributed by atoms with Gasteiger partial charge in [-0.15, -0.1) is 11.3 Å². The number of anilines is 1. The fourth-order valence-electron chi connectivity index (χ4n) is 3.04. The monoisotopic (exact) mass is 369 g/mol. The van der Waals surface area contributed by atoms with Crippen LogP contribution in [0.3, 0.4) is 0 Å². The number of benzene rings is 1. The number of amides is 1. The molecule has 0 aliphatic heterocycles. The van der Waals surface area contributed by atoms with Crippen LogP contribution in [0.2, 0.25) is 0 Å². The van der Waals surface area contributed by atoms with Gasteiger partial charge < -0.3 is 10.6 Å². The number of hydrogen-bond acceptors (Lipinski definition) is 4. The lowest BCUT2D eigenvalue weighted by Gasteiger charge is -2.17. The zero-order valence-electron chi connectivity index (χ0n) is 14.0. The first-order chi connectivity index (χ1) is 12.1. The number of carbonyl (C=O) groups is 1. The molecule has 0 bridgehead atoms. The Labute approximate surface area is 156 Å². The highest BCUT2D eigenvalue weighted by atomic mass is 32.1. The largest absolute Gasteiger partial charge is 0.323 e. The molecule has 0 saturated heterocycles. The summed E-state index contributed by atoms with van der Waals surface area (Å²) in [6.45, 7) is 2.23. The minimum atomic E-state index is -0.169. The van der Waals surface area contributed by atoms with Crippen LogP contribution in [0.5, 0.6) is 0 Å². The summed E-state index contributed by atoms with van der Waals surface area (Å²) in [7, 11) is 0.